The molecule has 1 aromatic carbocycles. The quantitative estimate of drug-likeness (QED) is 0.669. The molecular formula is C12H13NO4. The highest BCUT2D eigenvalue weighted by Crippen LogP contribution is 2.30. The van der Waals surface area contributed by atoms with Crippen LogP contribution >= 0.6 is 0 Å². The molecule has 0 bridgehead atoms. The average Bonchev–Trinajstić information content (AvgIpc) is 2.69. The molecule has 0 radical (unpaired) electrons. The second-order valence-electron chi connectivity index (χ2n) is 4.09. The van der Waals surface area contributed by atoms with Gasteiger partial charge in [0.05, 0.1) is 0 Å². The van der Waals surface area contributed by atoms with Gasteiger partial charge in [-0.25, -0.2) is 0 Å². The maximum absolute atomic E-state index is 11.5. The molecule has 17 heavy (non-hydrogen) atoms. The highest BCUT2D eigenvalue weighted by Gasteiger charge is 2.29. The van der Waals surface area contributed by atoms with E-state index in [2.05, 4.69) is 0 Å². The van der Waals surface area contributed by atoms with E-state index in [0.29, 0.717) is 29.5 Å². The van der Waals surface area contributed by atoms with Crippen molar-refractivity contribution < 1.29 is 19.8 Å². The van der Waals surface area contributed by atoms with Crippen LogP contribution in [0.2, 0.25) is 0 Å². The van der Waals surface area contributed by atoms with Crippen molar-refractivity contribution in [1.82, 2.24) is 0 Å². The molecule has 2 unspecified atom stereocenters. The predicted octanol–water partition coefficient (Wildman–Crippen LogP) is -0.305. The zero-order valence-corrected chi connectivity index (χ0v) is 9.09. The van der Waals surface area contributed by atoms with Crippen LogP contribution in [0.5, 0.6) is 0 Å². The van der Waals surface area contributed by atoms with Crippen LogP contribution in [0.15, 0.2) is 18.2 Å². The lowest BCUT2D eigenvalue weighted by atomic mass is 9.96. The fourth-order valence-electron chi connectivity index (χ4n) is 2.12. The van der Waals surface area contributed by atoms with Crippen molar-refractivity contribution in [2.45, 2.75) is 25.0 Å². The van der Waals surface area contributed by atoms with Gasteiger partial charge in [0.1, 0.15) is 6.10 Å². The number of benzene rings is 1. The molecule has 0 saturated carbocycles. The standard InChI is InChI=1S/C12H13NO4/c13-12(17)11(16)10(15)8-3-1-2-7-6(8)4-5-9(7)14/h1-3,10-11,15-16H,4-5H2,(H2,13,17). The van der Waals surface area contributed by atoms with E-state index >= 15 is 0 Å². The summed E-state index contributed by atoms with van der Waals surface area (Å²) in [6.07, 6.45) is -2.12. The monoisotopic (exact) mass is 235 g/mol. The molecule has 1 aliphatic rings. The SMILES string of the molecule is NC(=O)C(O)C(O)c1cccc2c1CCC2=O. The Morgan fingerprint density at radius 2 is 2.00 bits per heavy atom. The number of hydrogen-bond donors (Lipinski definition) is 3. The van der Waals surface area contributed by atoms with Crippen molar-refractivity contribution in [1.29, 1.82) is 0 Å². The zero-order chi connectivity index (χ0) is 12.6. The molecule has 4 N–H and O–H groups in total. The number of aliphatic hydroxyl groups excluding tert-OH is 2. The molecule has 1 aromatic rings. The van der Waals surface area contributed by atoms with Crippen LogP contribution in [-0.4, -0.2) is 28.0 Å². The summed E-state index contributed by atoms with van der Waals surface area (Å²) in [5.41, 5.74) is 6.59. The number of primary amides is 1. The number of carbonyl (C=O) groups excluding carboxylic acids is 2. The van der Waals surface area contributed by atoms with Gasteiger partial charge in [0.15, 0.2) is 11.9 Å². The van der Waals surface area contributed by atoms with Gasteiger partial charge in [0, 0.05) is 12.0 Å². The topological polar surface area (TPSA) is 101 Å². The van der Waals surface area contributed by atoms with E-state index in [-0.39, 0.29) is 5.78 Å². The molecule has 90 valence electrons. The van der Waals surface area contributed by atoms with Gasteiger partial charge in [-0.2, -0.15) is 0 Å². The molecule has 0 fully saturated rings. The maximum atomic E-state index is 11.5. The van der Waals surface area contributed by atoms with Gasteiger partial charge in [-0.3, -0.25) is 9.59 Å². The van der Waals surface area contributed by atoms with E-state index in [0.717, 1.165) is 0 Å². The van der Waals surface area contributed by atoms with Gasteiger partial charge in [-0.1, -0.05) is 18.2 Å². The highest BCUT2D eigenvalue weighted by molar-refractivity contribution is 6.00. The van der Waals surface area contributed by atoms with E-state index in [4.69, 9.17) is 5.73 Å². The lowest BCUT2D eigenvalue weighted by molar-refractivity contribution is -0.132. The minimum absolute atomic E-state index is 0.0163. The first kappa shape index (κ1) is 11.8. The minimum atomic E-state index is -1.66. The van der Waals surface area contributed by atoms with Crippen molar-refractivity contribution in [3.05, 3.63) is 34.9 Å². The van der Waals surface area contributed by atoms with E-state index in [1.807, 2.05) is 0 Å². The zero-order valence-electron chi connectivity index (χ0n) is 9.09. The van der Waals surface area contributed by atoms with Gasteiger partial charge in [-0.15, -0.1) is 0 Å². The van der Waals surface area contributed by atoms with Crippen LogP contribution in [0, 0.1) is 0 Å². The fraction of sp³-hybridized carbons (Fsp3) is 0.333. The van der Waals surface area contributed by atoms with E-state index < -0.39 is 18.1 Å². The van der Waals surface area contributed by atoms with Crippen molar-refractivity contribution in [3.63, 3.8) is 0 Å². The largest absolute Gasteiger partial charge is 0.385 e. The van der Waals surface area contributed by atoms with Gasteiger partial charge in [-0.05, 0) is 17.5 Å². The van der Waals surface area contributed by atoms with Crippen LogP contribution < -0.4 is 5.73 Å². The first-order chi connectivity index (χ1) is 8.02. The summed E-state index contributed by atoms with van der Waals surface area (Å²) in [7, 11) is 0. The third kappa shape index (κ3) is 1.94. The summed E-state index contributed by atoms with van der Waals surface area (Å²) < 4.78 is 0. The Morgan fingerprint density at radius 3 is 2.65 bits per heavy atom. The van der Waals surface area contributed by atoms with Gasteiger partial charge < -0.3 is 15.9 Å². The summed E-state index contributed by atoms with van der Waals surface area (Å²) >= 11 is 0. The third-order valence-corrected chi connectivity index (χ3v) is 3.02. The van der Waals surface area contributed by atoms with Crippen LogP contribution in [-0.2, 0) is 11.2 Å². The number of amides is 1. The smallest absolute Gasteiger partial charge is 0.249 e. The fourth-order valence-corrected chi connectivity index (χ4v) is 2.12. The summed E-state index contributed by atoms with van der Waals surface area (Å²) in [6, 6.07) is 4.89. The van der Waals surface area contributed by atoms with Crippen molar-refractivity contribution >= 4 is 11.7 Å². The number of Topliss-reactive ketones (excluding diaryl/α,β-unsaturated/α-hetero) is 1. The number of aliphatic hydroxyl groups is 2. The summed E-state index contributed by atoms with van der Waals surface area (Å²) in [4.78, 5) is 22.3. The molecule has 0 saturated heterocycles. The number of nitrogens with two attached hydrogens (primary N) is 1. The number of ketones is 1. The van der Waals surface area contributed by atoms with Gasteiger partial charge >= 0.3 is 0 Å². The van der Waals surface area contributed by atoms with Crippen LogP contribution in [0.3, 0.4) is 0 Å². The van der Waals surface area contributed by atoms with Crippen LogP contribution in [0.4, 0.5) is 0 Å². The Balaban J connectivity index is 2.41. The predicted molar refractivity (Wildman–Crippen MR) is 59.3 cm³/mol. The Hall–Kier alpha value is -1.72. The number of rotatable bonds is 3. The first-order valence-corrected chi connectivity index (χ1v) is 5.33. The lowest BCUT2D eigenvalue weighted by Gasteiger charge is -2.17. The van der Waals surface area contributed by atoms with Crippen molar-refractivity contribution in [2.24, 2.45) is 5.73 Å². The lowest BCUT2D eigenvalue weighted by Crippen LogP contribution is -2.34. The van der Waals surface area contributed by atoms with E-state index in [1.54, 1.807) is 18.2 Å². The van der Waals surface area contributed by atoms with Crippen LogP contribution in [0.25, 0.3) is 0 Å². The Morgan fingerprint density at radius 1 is 1.29 bits per heavy atom. The highest BCUT2D eigenvalue weighted by atomic mass is 16.3. The Labute approximate surface area is 97.9 Å². The van der Waals surface area contributed by atoms with E-state index in [1.165, 1.54) is 0 Å². The number of hydrogen-bond acceptors (Lipinski definition) is 4. The molecule has 1 amide bonds. The minimum Gasteiger partial charge on any atom is -0.385 e. The Kier molecular flexibility index (Phi) is 2.95. The van der Waals surface area contributed by atoms with Gasteiger partial charge in [0.2, 0.25) is 5.91 Å². The molecule has 5 nitrogen and oxygen atoms in total. The summed E-state index contributed by atoms with van der Waals surface area (Å²) in [5, 5.41) is 19.3. The van der Waals surface area contributed by atoms with E-state index in [9.17, 15) is 19.8 Å². The molecule has 0 heterocycles. The first-order valence-electron chi connectivity index (χ1n) is 5.33. The molecule has 0 spiro atoms. The molecular weight excluding hydrogens is 222 g/mol. The average molecular weight is 235 g/mol. The second kappa shape index (κ2) is 4.27. The van der Waals surface area contributed by atoms with Crippen LogP contribution in [0.1, 0.15) is 34.0 Å². The third-order valence-electron chi connectivity index (χ3n) is 3.02. The molecule has 2 rings (SSSR count). The van der Waals surface area contributed by atoms with Crippen molar-refractivity contribution in [2.75, 3.05) is 0 Å². The molecule has 5 heteroatoms. The van der Waals surface area contributed by atoms with Crippen molar-refractivity contribution in [3.8, 4) is 0 Å². The molecule has 0 aliphatic heterocycles. The summed E-state index contributed by atoms with van der Waals surface area (Å²) in [5.74, 6) is -0.970. The van der Waals surface area contributed by atoms with Gasteiger partial charge in [0.25, 0.3) is 0 Å². The molecule has 1 aliphatic carbocycles. The molecule has 2 atom stereocenters. The molecule has 0 aromatic heterocycles. The maximum Gasteiger partial charge on any atom is 0.249 e. The number of fused-ring (bicyclic) bond motifs is 1. The normalized spacial score (nSPS) is 17.6. The summed E-state index contributed by atoms with van der Waals surface area (Å²) in [6.45, 7) is 0. The second-order valence-corrected chi connectivity index (χ2v) is 4.09. The number of carbonyl (C=O) groups is 2. The Bertz CT molecular complexity index is 483.